The van der Waals surface area contributed by atoms with Gasteiger partial charge in [0.25, 0.3) is 0 Å². The molecule has 1 aliphatic rings. The lowest BCUT2D eigenvalue weighted by Crippen LogP contribution is -2.30. The van der Waals surface area contributed by atoms with Crippen LogP contribution in [0.1, 0.15) is 37.2 Å². The highest BCUT2D eigenvalue weighted by atomic mass is 79.9. The van der Waals surface area contributed by atoms with Crippen LogP contribution in [-0.4, -0.2) is 17.3 Å². The minimum atomic E-state index is -0.321. The molecule has 0 radical (unpaired) electrons. The number of Topliss-reactive ketones (excluding diaryl/α,β-unsaturated/α-hetero) is 1. The fourth-order valence-electron chi connectivity index (χ4n) is 2.81. The largest absolute Gasteiger partial charge is 0.299 e. The SMILES string of the molecule is O=C1CCCCC1[C@@H](C[N+](=O)[O-])c1ccccc1Br. The van der Waals surface area contributed by atoms with E-state index in [-0.39, 0.29) is 29.1 Å². The summed E-state index contributed by atoms with van der Waals surface area (Å²) < 4.78 is 0.847. The molecule has 1 aromatic carbocycles. The van der Waals surface area contributed by atoms with Crippen LogP contribution < -0.4 is 0 Å². The Labute approximate surface area is 120 Å². The summed E-state index contributed by atoms with van der Waals surface area (Å²) in [5.74, 6) is -0.356. The van der Waals surface area contributed by atoms with E-state index in [2.05, 4.69) is 15.9 Å². The fourth-order valence-corrected chi connectivity index (χ4v) is 3.39. The summed E-state index contributed by atoms with van der Waals surface area (Å²) >= 11 is 3.44. The number of hydrogen-bond donors (Lipinski definition) is 0. The molecule has 0 heterocycles. The van der Waals surface area contributed by atoms with E-state index >= 15 is 0 Å². The molecular weight excluding hydrogens is 310 g/mol. The first-order chi connectivity index (χ1) is 9.09. The Balaban J connectivity index is 2.32. The predicted octanol–water partition coefficient (Wildman–Crippen LogP) is 3.57. The van der Waals surface area contributed by atoms with Crippen LogP contribution in [0, 0.1) is 16.0 Å². The second-order valence-corrected chi connectivity index (χ2v) is 5.82. The van der Waals surface area contributed by atoms with E-state index in [0.717, 1.165) is 29.3 Å². The van der Waals surface area contributed by atoms with Gasteiger partial charge in [-0.3, -0.25) is 14.9 Å². The second-order valence-electron chi connectivity index (χ2n) is 4.96. The van der Waals surface area contributed by atoms with Gasteiger partial charge in [0.15, 0.2) is 0 Å². The van der Waals surface area contributed by atoms with Crippen LogP contribution in [0.5, 0.6) is 0 Å². The van der Waals surface area contributed by atoms with Gasteiger partial charge < -0.3 is 0 Å². The molecule has 1 saturated carbocycles. The van der Waals surface area contributed by atoms with Crippen LogP contribution in [0.25, 0.3) is 0 Å². The Hall–Kier alpha value is -1.23. The molecule has 0 N–H and O–H groups in total. The molecule has 0 aliphatic heterocycles. The Morgan fingerprint density at radius 2 is 2.11 bits per heavy atom. The summed E-state index contributed by atoms with van der Waals surface area (Å²) in [6.07, 6.45) is 3.22. The number of halogens is 1. The minimum Gasteiger partial charge on any atom is -0.299 e. The van der Waals surface area contributed by atoms with Crippen LogP contribution in [0.15, 0.2) is 28.7 Å². The number of benzene rings is 1. The second kappa shape index (κ2) is 6.28. The highest BCUT2D eigenvalue weighted by Crippen LogP contribution is 2.37. The van der Waals surface area contributed by atoms with Crippen molar-refractivity contribution in [3.05, 3.63) is 44.4 Å². The molecule has 0 amide bonds. The van der Waals surface area contributed by atoms with Gasteiger partial charge >= 0.3 is 0 Å². The molecule has 1 fully saturated rings. The molecule has 1 aliphatic carbocycles. The van der Waals surface area contributed by atoms with E-state index in [9.17, 15) is 14.9 Å². The molecule has 1 unspecified atom stereocenters. The topological polar surface area (TPSA) is 60.2 Å². The number of rotatable bonds is 4. The lowest BCUT2D eigenvalue weighted by Gasteiger charge is -2.27. The van der Waals surface area contributed by atoms with Crippen LogP contribution in [0.2, 0.25) is 0 Å². The molecule has 4 nitrogen and oxygen atoms in total. The lowest BCUT2D eigenvalue weighted by atomic mass is 9.76. The zero-order valence-electron chi connectivity index (χ0n) is 10.5. The molecule has 1 aromatic rings. The summed E-state index contributed by atoms with van der Waals surface area (Å²) in [7, 11) is 0. The maximum absolute atomic E-state index is 12.1. The normalized spacial score (nSPS) is 21.1. The molecule has 0 saturated heterocycles. The van der Waals surface area contributed by atoms with Crippen LogP contribution >= 0.6 is 15.9 Å². The third-order valence-electron chi connectivity index (χ3n) is 3.74. The molecule has 5 heteroatoms. The van der Waals surface area contributed by atoms with Gasteiger partial charge in [0, 0.05) is 21.7 Å². The van der Waals surface area contributed by atoms with E-state index in [0.29, 0.717) is 6.42 Å². The van der Waals surface area contributed by atoms with E-state index in [1.165, 1.54) is 0 Å². The zero-order valence-corrected chi connectivity index (χ0v) is 12.1. The van der Waals surface area contributed by atoms with Crippen molar-refractivity contribution in [1.82, 2.24) is 0 Å². The monoisotopic (exact) mass is 325 g/mol. The van der Waals surface area contributed by atoms with Crippen molar-refractivity contribution in [2.75, 3.05) is 6.54 Å². The van der Waals surface area contributed by atoms with Gasteiger partial charge in [-0.2, -0.15) is 0 Å². The molecule has 102 valence electrons. The van der Waals surface area contributed by atoms with E-state index in [1.54, 1.807) is 0 Å². The smallest absolute Gasteiger partial charge is 0.211 e. The average Bonchev–Trinajstić information content (AvgIpc) is 2.37. The molecule has 2 rings (SSSR count). The zero-order chi connectivity index (χ0) is 13.8. The van der Waals surface area contributed by atoms with Crippen molar-refractivity contribution in [3.63, 3.8) is 0 Å². The maximum Gasteiger partial charge on any atom is 0.211 e. The number of ketones is 1. The third-order valence-corrected chi connectivity index (χ3v) is 4.46. The van der Waals surface area contributed by atoms with Crippen molar-refractivity contribution >= 4 is 21.7 Å². The van der Waals surface area contributed by atoms with E-state index < -0.39 is 0 Å². The standard InChI is InChI=1S/C14H16BrNO3/c15-13-7-3-1-5-10(13)12(9-16(18)19)11-6-2-4-8-14(11)17/h1,3,5,7,11-12H,2,4,6,8-9H2/t11?,12-/m0/s1. The number of carbonyl (C=O) groups excluding carboxylic acids is 1. The van der Waals surface area contributed by atoms with Gasteiger partial charge in [0.1, 0.15) is 5.78 Å². The first-order valence-corrected chi connectivity index (χ1v) is 7.28. The number of nitro groups is 1. The Morgan fingerprint density at radius 1 is 1.37 bits per heavy atom. The van der Waals surface area contributed by atoms with Crippen molar-refractivity contribution in [2.45, 2.75) is 31.6 Å². The summed E-state index contributed by atoms with van der Waals surface area (Å²) in [5.41, 5.74) is 0.874. The summed E-state index contributed by atoms with van der Waals surface area (Å²) in [5, 5.41) is 10.9. The van der Waals surface area contributed by atoms with Crippen molar-refractivity contribution in [1.29, 1.82) is 0 Å². The van der Waals surface area contributed by atoms with Crippen molar-refractivity contribution < 1.29 is 9.72 Å². The molecule has 0 aromatic heterocycles. The summed E-state index contributed by atoms with van der Waals surface area (Å²) in [6.45, 7) is -0.182. The Kier molecular flexibility index (Phi) is 4.69. The lowest BCUT2D eigenvalue weighted by molar-refractivity contribution is -0.484. The number of nitrogens with zero attached hydrogens (tertiary/aromatic N) is 1. The Morgan fingerprint density at radius 3 is 2.74 bits per heavy atom. The van der Waals surface area contributed by atoms with Crippen LogP contribution in [0.3, 0.4) is 0 Å². The molecular formula is C14H16BrNO3. The van der Waals surface area contributed by atoms with Gasteiger partial charge in [-0.25, -0.2) is 0 Å². The quantitative estimate of drug-likeness (QED) is 0.628. The number of carbonyl (C=O) groups is 1. The first-order valence-electron chi connectivity index (χ1n) is 6.48. The first kappa shape index (κ1) is 14.2. The molecule has 19 heavy (non-hydrogen) atoms. The van der Waals surface area contributed by atoms with Gasteiger partial charge in [0.05, 0.1) is 5.92 Å². The van der Waals surface area contributed by atoms with Gasteiger partial charge in [-0.05, 0) is 24.5 Å². The molecule has 0 bridgehead atoms. The minimum absolute atomic E-state index is 0.175. The maximum atomic E-state index is 12.1. The molecule has 0 spiro atoms. The average molecular weight is 326 g/mol. The Bertz CT molecular complexity index is 489. The van der Waals surface area contributed by atoms with Gasteiger partial charge in [-0.15, -0.1) is 0 Å². The predicted molar refractivity (Wildman–Crippen MR) is 75.7 cm³/mol. The molecule has 2 atom stereocenters. The van der Waals surface area contributed by atoms with Crippen molar-refractivity contribution in [3.8, 4) is 0 Å². The summed E-state index contributed by atoms with van der Waals surface area (Å²) in [4.78, 5) is 22.7. The highest BCUT2D eigenvalue weighted by molar-refractivity contribution is 9.10. The third kappa shape index (κ3) is 3.41. The van der Waals surface area contributed by atoms with E-state index in [1.807, 2.05) is 24.3 Å². The van der Waals surface area contributed by atoms with Crippen LogP contribution in [-0.2, 0) is 4.79 Å². The van der Waals surface area contributed by atoms with Crippen LogP contribution in [0.4, 0.5) is 0 Å². The number of hydrogen-bond acceptors (Lipinski definition) is 3. The van der Waals surface area contributed by atoms with Gasteiger partial charge in [-0.1, -0.05) is 40.5 Å². The highest BCUT2D eigenvalue weighted by Gasteiger charge is 2.35. The summed E-state index contributed by atoms with van der Waals surface area (Å²) in [6, 6.07) is 7.48. The van der Waals surface area contributed by atoms with E-state index in [4.69, 9.17) is 0 Å². The van der Waals surface area contributed by atoms with Crippen molar-refractivity contribution in [2.24, 2.45) is 5.92 Å². The fraction of sp³-hybridized carbons (Fsp3) is 0.500. The van der Waals surface area contributed by atoms with Gasteiger partial charge in [0.2, 0.25) is 6.54 Å².